The number of aliphatic hydroxyl groups excluding tert-OH is 1. The van der Waals surface area contributed by atoms with Crippen LogP contribution in [0.1, 0.15) is 38.2 Å². The summed E-state index contributed by atoms with van der Waals surface area (Å²) in [6.45, 7) is 1.46. The number of carbonyl (C=O) groups excluding carboxylic acids is 2. The van der Waals surface area contributed by atoms with Gasteiger partial charge in [0.1, 0.15) is 11.9 Å². The molecule has 3 rings (SSSR count). The molecule has 0 aliphatic heterocycles. The summed E-state index contributed by atoms with van der Waals surface area (Å²) in [4.78, 5) is 24.4. The van der Waals surface area contributed by atoms with E-state index in [9.17, 15) is 19.1 Å². The number of carbonyl (C=O) groups is 2. The van der Waals surface area contributed by atoms with E-state index in [1.54, 1.807) is 18.2 Å². The predicted molar refractivity (Wildman–Crippen MR) is 81.8 cm³/mol. The van der Waals surface area contributed by atoms with Gasteiger partial charge in [-0.2, -0.15) is 0 Å². The number of hydrogen-bond acceptors (Lipinski definition) is 3. The Kier molecular flexibility index (Phi) is 4.10. The molecule has 6 heteroatoms. The van der Waals surface area contributed by atoms with Crippen LogP contribution in [0, 0.1) is 11.7 Å². The summed E-state index contributed by atoms with van der Waals surface area (Å²) in [5.74, 6) is -1.09. The molecule has 124 valence electrons. The first-order valence-electron chi connectivity index (χ1n) is 7.98. The normalized spacial score (nSPS) is 21.2. The van der Waals surface area contributed by atoms with Crippen molar-refractivity contribution in [3.8, 4) is 0 Å². The van der Waals surface area contributed by atoms with Gasteiger partial charge in [0, 0.05) is 11.5 Å². The zero-order valence-electron chi connectivity index (χ0n) is 13.0. The zero-order valence-corrected chi connectivity index (χ0v) is 13.0. The molecule has 0 spiro atoms. The summed E-state index contributed by atoms with van der Waals surface area (Å²) < 4.78 is 14.0. The highest BCUT2D eigenvalue weighted by Crippen LogP contribution is 2.46. The Labute approximate surface area is 134 Å². The van der Waals surface area contributed by atoms with Crippen molar-refractivity contribution < 1.29 is 19.1 Å². The van der Waals surface area contributed by atoms with Crippen molar-refractivity contribution in [2.24, 2.45) is 5.92 Å². The lowest BCUT2D eigenvalue weighted by atomic mass is 10.0. The van der Waals surface area contributed by atoms with Gasteiger partial charge in [0.15, 0.2) is 0 Å². The second-order valence-corrected chi connectivity index (χ2v) is 6.55. The standard InChI is InChI=1S/C17H21FN2O3/c1-10(21)14(19-15(22)11-6-7-11)16(23)20-17(8-9-17)12-4-2-3-5-13(12)18/h2-5,10-11,14,21H,6-9H2,1H3,(H,19,22)(H,20,23). The fourth-order valence-electron chi connectivity index (χ4n) is 2.77. The Hall–Kier alpha value is -1.95. The van der Waals surface area contributed by atoms with Crippen LogP contribution in [0.3, 0.4) is 0 Å². The van der Waals surface area contributed by atoms with E-state index < -0.39 is 23.6 Å². The fourth-order valence-corrected chi connectivity index (χ4v) is 2.77. The number of amides is 2. The Bertz CT molecular complexity index is 624. The SMILES string of the molecule is CC(O)C(NC(=O)C1CC1)C(=O)NC1(c2ccccc2F)CC1. The van der Waals surface area contributed by atoms with E-state index >= 15 is 0 Å². The molecule has 1 aromatic carbocycles. The molecule has 2 amide bonds. The van der Waals surface area contributed by atoms with Gasteiger partial charge in [-0.1, -0.05) is 18.2 Å². The van der Waals surface area contributed by atoms with Gasteiger partial charge in [0.25, 0.3) is 0 Å². The largest absolute Gasteiger partial charge is 0.391 e. The number of halogens is 1. The minimum absolute atomic E-state index is 0.0505. The van der Waals surface area contributed by atoms with Gasteiger partial charge in [-0.25, -0.2) is 4.39 Å². The van der Waals surface area contributed by atoms with Crippen LogP contribution in [0.25, 0.3) is 0 Å². The summed E-state index contributed by atoms with van der Waals surface area (Å²) >= 11 is 0. The molecule has 2 unspecified atom stereocenters. The Morgan fingerprint density at radius 3 is 2.48 bits per heavy atom. The van der Waals surface area contributed by atoms with Crippen molar-refractivity contribution >= 4 is 11.8 Å². The van der Waals surface area contributed by atoms with E-state index in [0.717, 1.165) is 12.8 Å². The zero-order chi connectivity index (χ0) is 16.6. The average Bonchev–Trinajstić information content (AvgIpc) is 3.38. The predicted octanol–water partition coefficient (Wildman–Crippen LogP) is 1.21. The van der Waals surface area contributed by atoms with Crippen LogP contribution < -0.4 is 10.6 Å². The number of rotatable bonds is 6. The van der Waals surface area contributed by atoms with Crippen LogP contribution in [0.5, 0.6) is 0 Å². The van der Waals surface area contributed by atoms with Crippen LogP contribution in [0.4, 0.5) is 4.39 Å². The summed E-state index contributed by atoms with van der Waals surface area (Å²) in [6.07, 6.45) is 1.90. The Morgan fingerprint density at radius 2 is 1.96 bits per heavy atom. The van der Waals surface area contributed by atoms with Crippen LogP contribution in [-0.2, 0) is 15.1 Å². The summed E-state index contributed by atoms with van der Waals surface area (Å²) in [5, 5.41) is 15.2. The minimum atomic E-state index is -1.02. The molecular formula is C17H21FN2O3. The number of nitrogens with one attached hydrogen (secondary N) is 2. The molecule has 2 atom stereocenters. The quantitative estimate of drug-likeness (QED) is 0.737. The van der Waals surface area contributed by atoms with Crippen LogP contribution in [0.2, 0.25) is 0 Å². The van der Waals surface area contributed by atoms with E-state index in [2.05, 4.69) is 10.6 Å². The first kappa shape index (κ1) is 15.9. The summed E-state index contributed by atoms with van der Waals surface area (Å²) in [5.41, 5.74) is -0.272. The van der Waals surface area contributed by atoms with Gasteiger partial charge in [-0.05, 0) is 38.7 Å². The maximum atomic E-state index is 14.0. The van der Waals surface area contributed by atoms with E-state index in [-0.39, 0.29) is 17.6 Å². The van der Waals surface area contributed by atoms with Crippen molar-refractivity contribution in [3.05, 3.63) is 35.6 Å². The molecule has 0 saturated heterocycles. The Morgan fingerprint density at radius 1 is 1.30 bits per heavy atom. The molecule has 0 radical (unpaired) electrons. The number of benzene rings is 1. The van der Waals surface area contributed by atoms with Crippen molar-refractivity contribution in [1.29, 1.82) is 0 Å². The first-order valence-corrected chi connectivity index (χ1v) is 7.98. The van der Waals surface area contributed by atoms with E-state index in [1.807, 2.05) is 0 Å². The molecule has 0 bridgehead atoms. The monoisotopic (exact) mass is 320 g/mol. The smallest absolute Gasteiger partial charge is 0.245 e. The van der Waals surface area contributed by atoms with Gasteiger partial charge in [-0.15, -0.1) is 0 Å². The highest BCUT2D eigenvalue weighted by Gasteiger charge is 2.48. The van der Waals surface area contributed by atoms with Crippen LogP contribution in [-0.4, -0.2) is 29.1 Å². The minimum Gasteiger partial charge on any atom is -0.391 e. The average molecular weight is 320 g/mol. The lowest BCUT2D eigenvalue weighted by Gasteiger charge is -2.25. The molecule has 2 aliphatic rings. The van der Waals surface area contributed by atoms with Gasteiger partial charge < -0.3 is 15.7 Å². The topological polar surface area (TPSA) is 78.4 Å². The van der Waals surface area contributed by atoms with Crippen LogP contribution in [0.15, 0.2) is 24.3 Å². The molecule has 5 nitrogen and oxygen atoms in total. The lowest BCUT2D eigenvalue weighted by molar-refractivity contribution is -0.132. The molecule has 2 saturated carbocycles. The van der Waals surface area contributed by atoms with Crippen molar-refractivity contribution in [2.75, 3.05) is 0 Å². The Balaban J connectivity index is 1.71. The second kappa shape index (κ2) is 5.92. The molecule has 3 N–H and O–H groups in total. The fraction of sp³-hybridized carbons (Fsp3) is 0.529. The first-order chi connectivity index (χ1) is 10.9. The molecule has 2 fully saturated rings. The maximum absolute atomic E-state index is 14.0. The highest BCUT2D eigenvalue weighted by atomic mass is 19.1. The third-order valence-electron chi connectivity index (χ3n) is 4.51. The molecule has 1 aromatic rings. The second-order valence-electron chi connectivity index (χ2n) is 6.55. The molecular weight excluding hydrogens is 299 g/mol. The van der Waals surface area contributed by atoms with Crippen LogP contribution >= 0.6 is 0 Å². The van der Waals surface area contributed by atoms with Gasteiger partial charge in [0.2, 0.25) is 11.8 Å². The van der Waals surface area contributed by atoms with Gasteiger partial charge in [-0.3, -0.25) is 9.59 Å². The van der Waals surface area contributed by atoms with Gasteiger partial charge in [0.05, 0.1) is 11.6 Å². The molecule has 0 heterocycles. The molecule has 2 aliphatic carbocycles. The summed E-state index contributed by atoms with van der Waals surface area (Å²) in [6, 6.07) is 5.33. The molecule has 23 heavy (non-hydrogen) atoms. The lowest BCUT2D eigenvalue weighted by Crippen LogP contribution is -2.55. The molecule has 0 aromatic heterocycles. The number of hydrogen-bond donors (Lipinski definition) is 3. The van der Waals surface area contributed by atoms with E-state index in [0.29, 0.717) is 18.4 Å². The van der Waals surface area contributed by atoms with Crippen molar-refractivity contribution in [1.82, 2.24) is 10.6 Å². The third kappa shape index (κ3) is 3.37. The van der Waals surface area contributed by atoms with E-state index in [4.69, 9.17) is 0 Å². The highest BCUT2D eigenvalue weighted by molar-refractivity contribution is 5.90. The maximum Gasteiger partial charge on any atom is 0.245 e. The number of aliphatic hydroxyl groups is 1. The third-order valence-corrected chi connectivity index (χ3v) is 4.51. The van der Waals surface area contributed by atoms with Gasteiger partial charge >= 0.3 is 0 Å². The van der Waals surface area contributed by atoms with E-state index in [1.165, 1.54) is 13.0 Å². The van der Waals surface area contributed by atoms with Crippen molar-refractivity contribution in [3.63, 3.8) is 0 Å². The summed E-state index contributed by atoms with van der Waals surface area (Å²) in [7, 11) is 0. The van der Waals surface area contributed by atoms with Crippen molar-refractivity contribution in [2.45, 2.75) is 50.3 Å².